The fourth-order valence-corrected chi connectivity index (χ4v) is 2.31. The molecule has 0 saturated carbocycles. The van der Waals surface area contributed by atoms with Gasteiger partial charge in [0.2, 0.25) is 0 Å². The van der Waals surface area contributed by atoms with Gasteiger partial charge in [-0.15, -0.1) is 12.4 Å². The summed E-state index contributed by atoms with van der Waals surface area (Å²) in [6, 6.07) is 9.18. The molecule has 0 radical (unpaired) electrons. The second kappa shape index (κ2) is 5.74. The maximum Gasteiger partial charge on any atom is 0.0207 e. The molecule has 1 fully saturated rings. The summed E-state index contributed by atoms with van der Waals surface area (Å²) in [5.41, 5.74) is 1.42. The standard InChI is InChI=1S/C11H14BrN.ClH/c12-11-6-2-1-4-9(11)8-10-5-3-7-13-10;/h1-2,4,6,10,13H,3,5,7-8H2;1H. The molecule has 1 aliphatic rings. The van der Waals surface area contributed by atoms with Gasteiger partial charge in [0.25, 0.3) is 0 Å². The van der Waals surface area contributed by atoms with Crippen LogP contribution in [-0.4, -0.2) is 12.6 Å². The Balaban J connectivity index is 0.000000980. The fourth-order valence-electron chi connectivity index (χ4n) is 1.86. The molecule has 1 aliphatic heterocycles. The second-order valence-electron chi connectivity index (χ2n) is 3.59. The van der Waals surface area contributed by atoms with Gasteiger partial charge in [0.1, 0.15) is 0 Å². The summed E-state index contributed by atoms with van der Waals surface area (Å²) >= 11 is 3.58. The van der Waals surface area contributed by atoms with Crippen LogP contribution in [0, 0.1) is 0 Å². The van der Waals surface area contributed by atoms with Crippen LogP contribution in [-0.2, 0) is 6.42 Å². The molecular weight excluding hydrogens is 261 g/mol. The zero-order chi connectivity index (χ0) is 9.10. The second-order valence-corrected chi connectivity index (χ2v) is 4.44. The third kappa shape index (κ3) is 2.97. The van der Waals surface area contributed by atoms with Gasteiger partial charge < -0.3 is 5.32 Å². The first-order valence-corrected chi connectivity index (χ1v) is 5.62. The van der Waals surface area contributed by atoms with Crippen LogP contribution in [0.2, 0.25) is 0 Å². The molecule has 3 heteroatoms. The molecule has 0 aromatic heterocycles. The van der Waals surface area contributed by atoms with Crippen molar-refractivity contribution in [2.45, 2.75) is 25.3 Å². The van der Waals surface area contributed by atoms with E-state index in [9.17, 15) is 0 Å². The molecule has 1 atom stereocenters. The monoisotopic (exact) mass is 275 g/mol. The van der Waals surface area contributed by atoms with Gasteiger partial charge in [-0.05, 0) is 37.4 Å². The van der Waals surface area contributed by atoms with Gasteiger partial charge in [0, 0.05) is 10.5 Å². The van der Waals surface area contributed by atoms with Crippen molar-refractivity contribution in [3.63, 3.8) is 0 Å². The van der Waals surface area contributed by atoms with Crippen LogP contribution in [0.4, 0.5) is 0 Å². The number of hydrogen-bond donors (Lipinski definition) is 1. The van der Waals surface area contributed by atoms with Crippen LogP contribution < -0.4 is 5.32 Å². The first-order chi connectivity index (χ1) is 6.36. The molecule has 78 valence electrons. The van der Waals surface area contributed by atoms with E-state index in [2.05, 4.69) is 45.5 Å². The molecule has 1 aromatic rings. The van der Waals surface area contributed by atoms with Crippen LogP contribution in [0.1, 0.15) is 18.4 Å². The van der Waals surface area contributed by atoms with E-state index in [1.165, 1.54) is 29.4 Å². The Bertz CT molecular complexity index is 284. The predicted octanol–water partition coefficient (Wildman–Crippen LogP) is 3.17. The van der Waals surface area contributed by atoms with Gasteiger partial charge in [0.15, 0.2) is 0 Å². The molecule has 0 aliphatic carbocycles. The highest BCUT2D eigenvalue weighted by molar-refractivity contribution is 9.10. The average Bonchev–Trinajstić information content (AvgIpc) is 2.61. The molecule has 0 amide bonds. The van der Waals surface area contributed by atoms with E-state index in [1.54, 1.807) is 0 Å². The van der Waals surface area contributed by atoms with E-state index >= 15 is 0 Å². The molecule has 1 heterocycles. The summed E-state index contributed by atoms with van der Waals surface area (Å²) in [7, 11) is 0. The smallest absolute Gasteiger partial charge is 0.0207 e. The Kier molecular flexibility index (Phi) is 4.93. The van der Waals surface area contributed by atoms with Crippen molar-refractivity contribution in [1.29, 1.82) is 0 Å². The lowest BCUT2D eigenvalue weighted by Crippen LogP contribution is -2.23. The lowest BCUT2D eigenvalue weighted by molar-refractivity contribution is 0.602. The molecule has 1 aromatic carbocycles. The lowest BCUT2D eigenvalue weighted by atomic mass is 10.1. The van der Waals surface area contributed by atoms with E-state index in [4.69, 9.17) is 0 Å². The minimum absolute atomic E-state index is 0. The summed E-state index contributed by atoms with van der Waals surface area (Å²) < 4.78 is 1.24. The van der Waals surface area contributed by atoms with Crippen molar-refractivity contribution < 1.29 is 0 Å². The Morgan fingerprint density at radius 3 is 2.79 bits per heavy atom. The van der Waals surface area contributed by atoms with Crippen LogP contribution in [0.15, 0.2) is 28.7 Å². The highest BCUT2D eigenvalue weighted by Gasteiger charge is 2.14. The largest absolute Gasteiger partial charge is 0.314 e. The molecule has 1 saturated heterocycles. The first-order valence-electron chi connectivity index (χ1n) is 4.83. The summed E-state index contributed by atoms with van der Waals surface area (Å²) in [6.45, 7) is 1.19. The number of benzene rings is 1. The van der Waals surface area contributed by atoms with E-state index in [0.717, 1.165) is 6.42 Å². The van der Waals surface area contributed by atoms with Crippen molar-refractivity contribution >= 4 is 28.3 Å². The molecule has 1 N–H and O–H groups in total. The maximum atomic E-state index is 3.58. The van der Waals surface area contributed by atoms with E-state index in [0.29, 0.717) is 6.04 Å². The van der Waals surface area contributed by atoms with E-state index in [1.807, 2.05) is 0 Å². The first kappa shape index (κ1) is 12.0. The van der Waals surface area contributed by atoms with Crippen LogP contribution >= 0.6 is 28.3 Å². The van der Waals surface area contributed by atoms with Gasteiger partial charge >= 0.3 is 0 Å². The third-order valence-electron chi connectivity index (χ3n) is 2.59. The Labute approximate surface area is 99.8 Å². The summed E-state index contributed by atoms with van der Waals surface area (Å²) in [5, 5.41) is 3.51. The topological polar surface area (TPSA) is 12.0 Å². The molecular formula is C11H15BrClN. The van der Waals surface area contributed by atoms with Crippen LogP contribution in [0.5, 0.6) is 0 Å². The minimum Gasteiger partial charge on any atom is -0.314 e. The fraction of sp³-hybridized carbons (Fsp3) is 0.455. The van der Waals surface area contributed by atoms with Gasteiger partial charge in [-0.3, -0.25) is 0 Å². The van der Waals surface area contributed by atoms with Crippen molar-refractivity contribution in [2.75, 3.05) is 6.54 Å². The van der Waals surface area contributed by atoms with Crippen molar-refractivity contribution in [3.05, 3.63) is 34.3 Å². The minimum atomic E-state index is 0. The zero-order valence-electron chi connectivity index (χ0n) is 8.00. The maximum absolute atomic E-state index is 3.58. The number of rotatable bonds is 2. The van der Waals surface area contributed by atoms with Crippen LogP contribution in [0.3, 0.4) is 0 Å². The Hall–Kier alpha value is -0.0500. The van der Waals surface area contributed by atoms with Gasteiger partial charge in [-0.1, -0.05) is 34.1 Å². The summed E-state index contributed by atoms with van der Waals surface area (Å²) in [6.07, 6.45) is 3.80. The van der Waals surface area contributed by atoms with Gasteiger partial charge in [-0.25, -0.2) is 0 Å². The van der Waals surface area contributed by atoms with E-state index in [-0.39, 0.29) is 12.4 Å². The highest BCUT2D eigenvalue weighted by Crippen LogP contribution is 2.19. The summed E-state index contributed by atoms with van der Waals surface area (Å²) in [4.78, 5) is 0. The summed E-state index contributed by atoms with van der Waals surface area (Å²) in [5.74, 6) is 0. The Morgan fingerprint density at radius 1 is 1.36 bits per heavy atom. The quantitative estimate of drug-likeness (QED) is 0.875. The predicted molar refractivity (Wildman–Crippen MR) is 66.1 cm³/mol. The van der Waals surface area contributed by atoms with Crippen molar-refractivity contribution in [1.82, 2.24) is 5.32 Å². The number of hydrogen-bond acceptors (Lipinski definition) is 1. The average molecular weight is 277 g/mol. The molecule has 14 heavy (non-hydrogen) atoms. The lowest BCUT2D eigenvalue weighted by Gasteiger charge is -2.10. The third-order valence-corrected chi connectivity index (χ3v) is 3.36. The SMILES string of the molecule is Brc1ccccc1CC1CCCN1.Cl. The molecule has 0 spiro atoms. The highest BCUT2D eigenvalue weighted by atomic mass is 79.9. The number of halogens is 2. The van der Waals surface area contributed by atoms with Crippen molar-refractivity contribution in [2.24, 2.45) is 0 Å². The zero-order valence-corrected chi connectivity index (χ0v) is 10.4. The van der Waals surface area contributed by atoms with Crippen molar-refractivity contribution in [3.8, 4) is 0 Å². The van der Waals surface area contributed by atoms with Gasteiger partial charge in [0.05, 0.1) is 0 Å². The van der Waals surface area contributed by atoms with Crippen LogP contribution in [0.25, 0.3) is 0 Å². The molecule has 1 nitrogen and oxygen atoms in total. The Morgan fingerprint density at radius 2 is 2.14 bits per heavy atom. The normalized spacial score (nSPS) is 20.5. The molecule has 2 rings (SSSR count). The van der Waals surface area contributed by atoms with E-state index < -0.39 is 0 Å². The molecule has 0 bridgehead atoms. The number of nitrogens with one attached hydrogen (secondary N) is 1. The van der Waals surface area contributed by atoms with Gasteiger partial charge in [-0.2, -0.15) is 0 Å². The molecule has 1 unspecified atom stereocenters.